The molecule has 1 aliphatic heterocycles. The van der Waals surface area contributed by atoms with Crippen molar-refractivity contribution in [3.8, 4) is 5.75 Å². The smallest absolute Gasteiger partial charge is 0.257 e. The number of carbonyl (C=O) groups excluding carboxylic acids is 1. The average molecular weight is 452 g/mol. The number of hydrogen-bond acceptors (Lipinski definition) is 7. The zero-order chi connectivity index (χ0) is 23.9. The summed E-state index contributed by atoms with van der Waals surface area (Å²) in [6.45, 7) is 9.35. The minimum atomic E-state index is -0.676. The number of hydrogen-bond donors (Lipinski definition) is 3. The number of phenolic OH excluding ortho intramolecular Hbond substituents is 1. The maximum Gasteiger partial charge on any atom is 0.257 e. The number of furan rings is 1. The molecule has 1 aliphatic rings. The van der Waals surface area contributed by atoms with Crippen molar-refractivity contribution in [2.75, 3.05) is 23.7 Å². The van der Waals surface area contributed by atoms with E-state index in [9.17, 15) is 19.5 Å². The van der Waals surface area contributed by atoms with Gasteiger partial charge in [0, 0.05) is 13.1 Å². The Balaban J connectivity index is 1.59. The van der Waals surface area contributed by atoms with Crippen LogP contribution in [0.2, 0.25) is 0 Å². The van der Waals surface area contributed by atoms with Gasteiger partial charge in [0.1, 0.15) is 22.9 Å². The number of benzene rings is 1. The van der Waals surface area contributed by atoms with Gasteiger partial charge in [-0.2, -0.15) is 0 Å². The molecule has 4 rings (SSSR count). The number of para-hydroxylation sites is 1. The molecule has 3 aromatic rings. The Hall–Kier alpha value is -3.55. The van der Waals surface area contributed by atoms with E-state index < -0.39 is 10.9 Å². The summed E-state index contributed by atoms with van der Waals surface area (Å²) in [6, 6.07) is 6.41. The van der Waals surface area contributed by atoms with Gasteiger partial charge in [0.05, 0.1) is 17.3 Å². The largest absolute Gasteiger partial charge is 0.505 e. The third-order valence-electron chi connectivity index (χ3n) is 6.25. The second kappa shape index (κ2) is 8.77. The first-order valence-electron chi connectivity index (χ1n) is 11.3. The molecular weight excluding hydrogens is 422 g/mol. The normalized spacial score (nSPS) is 14.4. The molecule has 1 unspecified atom stereocenters. The van der Waals surface area contributed by atoms with Crippen LogP contribution in [0.3, 0.4) is 0 Å². The van der Waals surface area contributed by atoms with Gasteiger partial charge in [0.2, 0.25) is 0 Å². The molecule has 1 amide bonds. The Labute approximate surface area is 191 Å². The van der Waals surface area contributed by atoms with E-state index in [0.29, 0.717) is 31.2 Å². The highest BCUT2D eigenvalue weighted by atomic mass is 16.3. The van der Waals surface area contributed by atoms with Crippen molar-refractivity contribution >= 4 is 23.0 Å². The Bertz CT molecular complexity index is 1260. The quantitative estimate of drug-likeness (QED) is 0.348. The second-order valence-electron chi connectivity index (χ2n) is 8.80. The van der Waals surface area contributed by atoms with Crippen LogP contribution in [0.5, 0.6) is 5.75 Å². The van der Waals surface area contributed by atoms with E-state index in [1.165, 1.54) is 0 Å². The van der Waals surface area contributed by atoms with Crippen LogP contribution in [0.25, 0.3) is 0 Å². The third-order valence-corrected chi connectivity index (χ3v) is 6.25. The number of aromatic hydroxyl groups is 1. The molecule has 2 heterocycles. The van der Waals surface area contributed by atoms with Crippen molar-refractivity contribution in [3.05, 3.63) is 67.4 Å². The summed E-state index contributed by atoms with van der Waals surface area (Å²) in [5, 5.41) is 16.7. The first kappa shape index (κ1) is 22.6. The molecule has 3 N–H and O–H groups in total. The van der Waals surface area contributed by atoms with E-state index in [1.807, 2.05) is 19.9 Å². The lowest BCUT2D eigenvalue weighted by molar-refractivity contribution is 0.0649. The molecule has 8 nitrogen and oxygen atoms in total. The molecule has 174 valence electrons. The minimum Gasteiger partial charge on any atom is -0.505 e. The summed E-state index contributed by atoms with van der Waals surface area (Å²) in [5.41, 5.74) is 0.357. The molecule has 1 atom stereocenters. The predicted molar refractivity (Wildman–Crippen MR) is 127 cm³/mol. The summed E-state index contributed by atoms with van der Waals surface area (Å²) in [4.78, 5) is 38.9. The summed E-state index contributed by atoms with van der Waals surface area (Å²) < 4.78 is 5.93. The van der Waals surface area contributed by atoms with E-state index in [1.54, 1.807) is 23.1 Å². The molecule has 0 aliphatic carbocycles. The number of nitrogens with zero attached hydrogens (tertiary/aromatic N) is 1. The van der Waals surface area contributed by atoms with Crippen molar-refractivity contribution in [3.63, 3.8) is 0 Å². The van der Waals surface area contributed by atoms with Gasteiger partial charge in [-0.15, -0.1) is 0 Å². The molecule has 0 saturated carbocycles. The topological polar surface area (TPSA) is 112 Å². The predicted octanol–water partition coefficient (Wildman–Crippen LogP) is 4.17. The van der Waals surface area contributed by atoms with Crippen LogP contribution in [-0.4, -0.2) is 29.0 Å². The lowest BCUT2D eigenvalue weighted by Crippen LogP contribution is -2.42. The number of aryl methyl sites for hydroxylation is 1. The lowest BCUT2D eigenvalue weighted by Gasteiger charge is -2.31. The fraction of sp³-hybridized carbons (Fsp3) is 0.400. The van der Waals surface area contributed by atoms with Crippen molar-refractivity contribution in [1.82, 2.24) is 4.90 Å². The van der Waals surface area contributed by atoms with E-state index in [0.717, 1.165) is 17.7 Å². The average Bonchev–Trinajstić information content (AvgIpc) is 3.14. The van der Waals surface area contributed by atoms with Crippen LogP contribution >= 0.6 is 0 Å². The standard InChI is InChI=1S/C25H29N3O5/c1-5-17(19-12-16(13(2)3)14(4)33-19)26-20-21(24(31)23(20)30)27-18-9-6-8-15(22(18)29)25(32)28-10-7-11-28/h6,8-9,12-13,17,26-27,29H,5,7,10-11H2,1-4H3. The highest BCUT2D eigenvalue weighted by Gasteiger charge is 2.28. The summed E-state index contributed by atoms with van der Waals surface area (Å²) in [6.07, 6.45) is 1.57. The van der Waals surface area contributed by atoms with Gasteiger partial charge in [0.15, 0.2) is 5.75 Å². The van der Waals surface area contributed by atoms with Crippen LogP contribution in [0.1, 0.15) is 73.0 Å². The van der Waals surface area contributed by atoms with E-state index in [4.69, 9.17) is 4.42 Å². The summed E-state index contributed by atoms with van der Waals surface area (Å²) in [7, 11) is 0. The Morgan fingerprint density at radius 1 is 1.18 bits per heavy atom. The Morgan fingerprint density at radius 3 is 2.45 bits per heavy atom. The van der Waals surface area contributed by atoms with Gasteiger partial charge in [-0.1, -0.05) is 26.8 Å². The van der Waals surface area contributed by atoms with E-state index in [-0.39, 0.29) is 40.3 Å². The maximum atomic E-state index is 12.6. The number of likely N-dealkylation sites (tertiary alicyclic amines) is 1. The van der Waals surface area contributed by atoms with Gasteiger partial charge in [-0.25, -0.2) is 0 Å². The highest BCUT2D eigenvalue weighted by Crippen LogP contribution is 2.35. The minimum absolute atomic E-state index is 0.0645. The van der Waals surface area contributed by atoms with E-state index in [2.05, 4.69) is 24.5 Å². The molecular formula is C25H29N3O5. The van der Waals surface area contributed by atoms with Crippen molar-refractivity contribution in [2.45, 2.75) is 52.5 Å². The Morgan fingerprint density at radius 2 is 1.88 bits per heavy atom. The molecule has 2 aromatic carbocycles. The van der Waals surface area contributed by atoms with Gasteiger partial charge in [0.25, 0.3) is 16.8 Å². The molecule has 33 heavy (non-hydrogen) atoms. The van der Waals surface area contributed by atoms with E-state index >= 15 is 0 Å². The fourth-order valence-electron chi connectivity index (χ4n) is 4.10. The van der Waals surface area contributed by atoms with Gasteiger partial charge < -0.3 is 25.1 Å². The van der Waals surface area contributed by atoms with Crippen molar-refractivity contribution < 1.29 is 14.3 Å². The number of carbonyl (C=O) groups is 1. The van der Waals surface area contributed by atoms with Gasteiger partial charge in [-0.05, 0) is 49.4 Å². The van der Waals surface area contributed by atoms with Crippen LogP contribution < -0.4 is 21.5 Å². The molecule has 0 radical (unpaired) electrons. The molecule has 8 heteroatoms. The lowest BCUT2D eigenvalue weighted by atomic mass is 10.0. The van der Waals surface area contributed by atoms with Gasteiger partial charge in [-0.3, -0.25) is 14.4 Å². The van der Waals surface area contributed by atoms with Crippen molar-refractivity contribution in [1.29, 1.82) is 0 Å². The first-order chi connectivity index (χ1) is 15.7. The molecule has 1 saturated heterocycles. The van der Waals surface area contributed by atoms with Crippen LogP contribution in [0, 0.1) is 6.92 Å². The van der Waals surface area contributed by atoms with Gasteiger partial charge >= 0.3 is 0 Å². The fourth-order valence-corrected chi connectivity index (χ4v) is 4.10. The zero-order valence-corrected chi connectivity index (χ0v) is 19.3. The SMILES string of the molecule is CCC(Nc1c(Nc2cccc(C(=O)N3CCC3)c2O)c(=O)c1=O)c1cc(C(C)C)c(C)o1. The molecule has 0 bridgehead atoms. The van der Waals surface area contributed by atoms with Crippen LogP contribution in [0.15, 0.2) is 38.3 Å². The molecule has 1 fully saturated rings. The van der Waals surface area contributed by atoms with Crippen LogP contribution in [-0.2, 0) is 0 Å². The number of phenols is 1. The third kappa shape index (κ3) is 4.01. The number of anilines is 3. The maximum absolute atomic E-state index is 12.6. The summed E-state index contributed by atoms with van der Waals surface area (Å²) in [5.74, 6) is 1.33. The molecule has 0 spiro atoms. The number of nitrogens with one attached hydrogen (secondary N) is 2. The second-order valence-corrected chi connectivity index (χ2v) is 8.80. The summed E-state index contributed by atoms with van der Waals surface area (Å²) >= 11 is 0. The number of amides is 1. The molecule has 1 aromatic heterocycles. The highest BCUT2D eigenvalue weighted by molar-refractivity contribution is 5.99. The number of rotatable bonds is 8. The van der Waals surface area contributed by atoms with Crippen LogP contribution in [0.4, 0.5) is 17.1 Å². The monoisotopic (exact) mass is 451 g/mol. The Kier molecular flexibility index (Phi) is 6.01. The zero-order valence-electron chi connectivity index (χ0n) is 19.3. The first-order valence-corrected chi connectivity index (χ1v) is 11.3. The van der Waals surface area contributed by atoms with Crippen molar-refractivity contribution in [2.24, 2.45) is 0 Å².